The smallest absolute Gasteiger partial charge is 0.407 e. The van der Waals surface area contributed by atoms with Gasteiger partial charge in [-0.05, 0) is 72.0 Å². The second-order valence-electron chi connectivity index (χ2n) is 12.7. The van der Waals surface area contributed by atoms with Crippen molar-refractivity contribution in [3.63, 3.8) is 0 Å². The van der Waals surface area contributed by atoms with Gasteiger partial charge in [0.2, 0.25) is 5.91 Å². The average molecular weight is 637 g/mol. The van der Waals surface area contributed by atoms with Crippen LogP contribution in [0, 0.1) is 11.2 Å². The van der Waals surface area contributed by atoms with E-state index >= 15 is 0 Å². The largest absolute Gasteiger partial charge is 0.465 e. The van der Waals surface area contributed by atoms with Gasteiger partial charge in [-0.3, -0.25) is 4.79 Å². The Morgan fingerprint density at radius 3 is 1.85 bits per heavy atom. The Labute approximate surface area is 277 Å². The first-order valence-electron chi connectivity index (χ1n) is 16.2. The molecule has 2 fully saturated rings. The Hall–Kier alpha value is -5.76. The fraction of sp³-hybridized carbons (Fsp3) is 0.175. The highest BCUT2D eigenvalue weighted by Crippen LogP contribution is 2.46. The van der Waals surface area contributed by atoms with Gasteiger partial charge in [-0.1, -0.05) is 91.0 Å². The number of fused-ring (bicyclic) bond motifs is 1. The molecule has 7 nitrogen and oxygen atoms in total. The number of nitrogens with zero attached hydrogens (tertiary/aromatic N) is 4. The van der Waals surface area contributed by atoms with Crippen molar-refractivity contribution in [1.29, 1.82) is 0 Å². The van der Waals surface area contributed by atoms with Crippen molar-refractivity contribution in [3.8, 4) is 11.3 Å². The molecule has 8 heteroatoms. The molecule has 3 heterocycles. The van der Waals surface area contributed by atoms with Gasteiger partial charge < -0.3 is 14.9 Å². The van der Waals surface area contributed by atoms with Gasteiger partial charge >= 0.3 is 6.09 Å². The Kier molecular flexibility index (Phi) is 7.09. The molecule has 8 rings (SSSR count). The maximum atomic E-state index is 14.2. The number of anilines is 1. The topological polar surface area (TPSA) is 78.7 Å². The zero-order valence-corrected chi connectivity index (χ0v) is 26.2. The molecule has 2 saturated heterocycles. The first-order valence-corrected chi connectivity index (χ1v) is 16.2. The van der Waals surface area contributed by atoms with Crippen LogP contribution in [0.15, 0.2) is 133 Å². The predicted octanol–water partition coefficient (Wildman–Crippen LogP) is 7.79. The summed E-state index contributed by atoms with van der Waals surface area (Å²) in [5.41, 5.74) is 4.43. The number of amides is 2. The second-order valence-corrected chi connectivity index (χ2v) is 12.7. The summed E-state index contributed by atoms with van der Waals surface area (Å²) < 4.78 is 16.3. The van der Waals surface area contributed by atoms with Gasteiger partial charge in [0.05, 0.1) is 10.9 Å². The first-order chi connectivity index (χ1) is 23.4. The van der Waals surface area contributed by atoms with Crippen molar-refractivity contribution in [1.82, 2.24) is 14.7 Å². The summed E-state index contributed by atoms with van der Waals surface area (Å²) in [7, 11) is 0. The van der Waals surface area contributed by atoms with Crippen molar-refractivity contribution in [2.75, 3.05) is 24.5 Å². The Bertz CT molecular complexity index is 2040. The quantitative estimate of drug-likeness (QED) is 0.189. The first kappa shape index (κ1) is 29.6. The van der Waals surface area contributed by atoms with Gasteiger partial charge in [0.15, 0.2) is 0 Å². The third kappa shape index (κ3) is 4.59. The van der Waals surface area contributed by atoms with E-state index in [2.05, 4.69) is 41.1 Å². The van der Waals surface area contributed by atoms with E-state index in [4.69, 9.17) is 5.10 Å². The van der Waals surface area contributed by atoms with Crippen molar-refractivity contribution in [3.05, 3.63) is 156 Å². The molecule has 5 aromatic carbocycles. The van der Waals surface area contributed by atoms with Gasteiger partial charge in [0, 0.05) is 36.3 Å². The summed E-state index contributed by atoms with van der Waals surface area (Å²) in [5.74, 6) is -0.385. The summed E-state index contributed by atoms with van der Waals surface area (Å²) in [6.07, 6.45) is 0.120. The predicted molar refractivity (Wildman–Crippen MR) is 183 cm³/mol. The number of carboxylic acid groups (broad SMARTS) is 1. The van der Waals surface area contributed by atoms with Crippen LogP contribution >= 0.6 is 0 Å². The molecule has 2 aliphatic rings. The van der Waals surface area contributed by atoms with Crippen LogP contribution in [-0.4, -0.2) is 51.4 Å². The molecule has 48 heavy (non-hydrogen) atoms. The number of benzene rings is 5. The number of hydrogen-bond acceptors (Lipinski definition) is 3. The number of aromatic nitrogens is 2. The average Bonchev–Trinajstić information content (AvgIpc) is 3.83. The molecule has 238 valence electrons. The molecule has 1 atom stereocenters. The van der Waals surface area contributed by atoms with Gasteiger partial charge in [0.1, 0.15) is 17.1 Å². The van der Waals surface area contributed by atoms with Crippen LogP contribution in [0.3, 0.4) is 0 Å². The number of rotatable bonds is 6. The van der Waals surface area contributed by atoms with E-state index in [-0.39, 0.29) is 18.3 Å². The summed E-state index contributed by atoms with van der Waals surface area (Å²) in [6, 6.07) is 43.2. The van der Waals surface area contributed by atoms with Crippen LogP contribution in [0.1, 0.15) is 29.5 Å². The number of hydrogen-bond donors (Lipinski definition) is 1. The highest BCUT2D eigenvalue weighted by Gasteiger charge is 2.52. The van der Waals surface area contributed by atoms with E-state index in [1.807, 2.05) is 72.8 Å². The Morgan fingerprint density at radius 2 is 1.31 bits per heavy atom. The molecule has 1 spiro atoms. The van der Waals surface area contributed by atoms with E-state index in [1.165, 1.54) is 17.0 Å². The molecule has 0 radical (unpaired) electrons. The zero-order chi connectivity index (χ0) is 32.9. The fourth-order valence-corrected chi connectivity index (χ4v) is 7.74. The van der Waals surface area contributed by atoms with Crippen LogP contribution in [0.4, 0.5) is 14.9 Å². The highest BCUT2D eigenvalue weighted by molar-refractivity contribution is 6.04. The van der Waals surface area contributed by atoms with Crippen LogP contribution in [-0.2, 0) is 10.3 Å². The van der Waals surface area contributed by atoms with Crippen LogP contribution in [0.2, 0.25) is 0 Å². The molecule has 0 saturated carbocycles. The van der Waals surface area contributed by atoms with Gasteiger partial charge in [-0.2, -0.15) is 5.10 Å². The van der Waals surface area contributed by atoms with Gasteiger partial charge in [-0.25, -0.2) is 13.9 Å². The summed E-state index contributed by atoms with van der Waals surface area (Å²) in [4.78, 5) is 28.8. The minimum Gasteiger partial charge on any atom is -0.465 e. The second kappa shape index (κ2) is 11.5. The molecule has 6 aromatic rings. The van der Waals surface area contributed by atoms with Crippen molar-refractivity contribution in [2.45, 2.75) is 18.4 Å². The number of carbonyl (C=O) groups excluding carboxylic acids is 1. The minimum absolute atomic E-state index is 0.0477. The zero-order valence-electron chi connectivity index (χ0n) is 26.2. The van der Waals surface area contributed by atoms with Crippen molar-refractivity contribution >= 4 is 28.6 Å². The normalized spacial score (nSPS) is 17.9. The number of likely N-dealkylation sites (tertiary alicyclic amines) is 1. The minimum atomic E-state index is -0.991. The third-order valence-corrected chi connectivity index (χ3v) is 10.1. The molecule has 0 aliphatic carbocycles. The van der Waals surface area contributed by atoms with Crippen LogP contribution in [0.25, 0.3) is 22.2 Å². The van der Waals surface area contributed by atoms with Crippen LogP contribution in [0.5, 0.6) is 0 Å². The van der Waals surface area contributed by atoms with E-state index in [9.17, 15) is 19.1 Å². The summed E-state index contributed by atoms with van der Waals surface area (Å²) >= 11 is 0. The lowest BCUT2D eigenvalue weighted by Gasteiger charge is -2.37. The lowest BCUT2D eigenvalue weighted by atomic mass is 9.77. The van der Waals surface area contributed by atoms with E-state index in [1.54, 1.807) is 17.0 Å². The van der Waals surface area contributed by atoms with E-state index in [0.29, 0.717) is 31.6 Å². The van der Waals surface area contributed by atoms with Gasteiger partial charge in [-0.15, -0.1) is 0 Å². The maximum absolute atomic E-state index is 14.2. The highest BCUT2D eigenvalue weighted by atomic mass is 19.1. The van der Waals surface area contributed by atoms with E-state index < -0.39 is 17.0 Å². The summed E-state index contributed by atoms with van der Waals surface area (Å²) in [5, 5.41) is 15.8. The molecule has 0 bridgehead atoms. The van der Waals surface area contributed by atoms with Crippen LogP contribution < -0.4 is 4.90 Å². The third-order valence-electron chi connectivity index (χ3n) is 10.1. The molecule has 2 aliphatic heterocycles. The molecule has 1 N–H and O–H groups in total. The Balaban J connectivity index is 1.37. The standard InChI is InChI=1S/C40H33FN4O3/c41-32-18-16-28(17-19-32)36-34-26-33(44-25-23-39(37(44)46)22-24-43(27-39)38(47)48)20-21-35(34)45(42-36)40(29-10-4-1-5-11-29,30-12-6-2-7-13-30)31-14-8-3-9-15-31/h1-21,26H,22-25,27H2,(H,47,48)/t39-/m0/s1. The fourth-order valence-electron chi connectivity index (χ4n) is 7.74. The maximum Gasteiger partial charge on any atom is 0.407 e. The molecular weight excluding hydrogens is 603 g/mol. The van der Waals surface area contributed by atoms with Crippen molar-refractivity contribution < 1.29 is 19.1 Å². The number of halogens is 1. The molecule has 1 aromatic heterocycles. The van der Waals surface area contributed by atoms with Crippen molar-refractivity contribution in [2.24, 2.45) is 5.41 Å². The lowest BCUT2D eigenvalue weighted by Crippen LogP contribution is -2.38. The SMILES string of the molecule is O=C(O)N1CC[C@]2(CCN(c3ccc4c(c3)c(-c3ccc(F)cc3)nn4C(c3ccccc3)(c3ccccc3)c3ccccc3)C2=O)C1. The number of carbonyl (C=O) groups is 2. The van der Waals surface area contributed by atoms with Gasteiger partial charge in [0.25, 0.3) is 0 Å². The molecule has 2 amide bonds. The Morgan fingerprint density at radius 1 is 0.750 bits per heavy atom. The molecular formula is C40H33FN4O3. The summed E-state index contributed by atoms with van der Waals surface area (Å²) in [6.45, 7) is 1.07. The lowest BCUT2D eigenvalue weighted by molar-refractivity contribution is -0.124. The van der Waals surface area contributed by atoms with E-state index in [0.717, 1.165) is 38.8 Å². The molecule has 0 unspecified atom stereocenters. The monoisotopic (exact) mass is 636 g/mol.